The van der Waals surface area contributed by atoms with E-state index in [-0.39, 0.29) is 5.78 Å². The summed E-state index contributed by atoms with van der Waals surface area (Å²) in [4.78, 5) is 29.5. The Labute approximate surface area is 125 Å². The topological polar surface area (TPSA) is 59.5 Å². The fraction of sp³-hybridized carbons (Fsp3) is 0.583. The van der Waals surface area contributed by atoms with Gasteiger partial charge in [0, 0.05) is 19.3 Å². The molecule has 0 saturated heterocycles. The molecule has 0 aromatic carbocycles. The fourth-order valence-electron chi connectivity index (χ4n) is 1.26. The predicted molar refractivity (Wildman–Crippen MR) is 79.4 cm³/mol. The van der Waals surface area contributed by atoms with Crippen molar-refractivity contribution in [1.29, 1.82) is 0 Å². The molecule has 0 aliphatic heterocycles. The van der Waals surface area contributed by atoms with Gasteiger partial charge in [0.05, 0.1) is 10.6 Å². The smallest absolute Gasteiger partial charge is 0.416 e. The Hall–Kier alpha value is -0.950. The number of anilines is 1. The summed E-state index contributed by atoms with van der Waals surface area (Å²) in [6, 6.07) is 0. The molecule has 0 atom stereocenters. The molecule has 7 heteroatoms. The summed E-state index contributed by atoms with van der Waals surface area (Å²) in [5.41, 5.74) is 0.0764. The zero-order valence-electron chi connectivity index (χ0n) is 11.6. The molecule has 1 aromatic heterocycles. The van der Waals surface area contributed by atoms with Crippen molar-refractivity contribution in [3.63, 3.8) is 0 Å². The highest BCUT2D eigenvalue weighted by atomic mass is 79.9. The van der Waals surface area contributed by atoms with Crippen molar-refractivity contribution >= 4 is 44.3 Å². The number of carbonyl (C=O) groups is 2. The molecule has 1 rings (SSSR count). The van der Waals surface area contributed by atoms with E-state index < -0.39 is 11.7 Å². The van der Waals surface area contributed by atoms with Crippen molar-refractivity contribution in [2.75, 3.05) is 11.9 Å². The van der Waals surface area contributed by atoms with Crippen molar-refractivity contribution in [2.45, 2.75) is 38.6 Å². The third kappa shape index (κ3) is 4.28. The lowest BCUT2D eigenvalue weighted by atomic mass is 10.2. The zero-order valence-corrected chi connectivity index (χ0v) is 14.0. The molecule has 19 heavy (non-hydrogen) atoms. The van der Waals surface area contributed by atoms with Gasteiger partial charge >= 0.3 is 6.09 Å². The Morgan fingerprint density at radius 1 is 1.42 bits per heavy atom. The van der Waals surface area contributed by atoms with E-state index in [2.05, 4.69) is 20.9 Å². The van der Waals surface area contributed by atoms with Gasteiger partial charge in [0.2, 0.25) is 0 Å². The Kier molecular flexibility index (Phi) is 5.09. The van der Waals surface area contributed by atoms with E-state index in [0.29, 0.717) is 21.0 Å². The van der Waals surface area contributed by atoms with Crippen LogP contribution in [0.1, 0.15) is 43.1 Å². The molecule has 1 heterocycles. The number of nitrogens with zero attached hydrogens (tertiary/aromatic N) is 2. The molecule has 0 unspecified atom stereocenters. The monoisotopic (exact) mass is 348 g/mol. The average Bonchev–Trinajstić information content (AvgIpc) is 2.69. The minimum Gasteiger partial charge on any atom is -0.443 e. The number of halogens is 1. The van der Waals surface area contributed by atoms with Gasteiger partial charge in [-0.15, -0.1) is 0 Å². The van der Waals surface area contributed by atoms with Crippen LogP contribution in [0.5, 0.6) is 0 Å². The van der Waals surface area contributed by atoms with E-state index >= 15 is 0 Å². The van der Waals surface area contributed by atoms with Gasteiger partial charge in [-0.2, -0.15) is 0 Å². The van der Waals surface area contributed by atoms with Crippen LogP contribution in [0.4, 0.5) is 9.93 Å². The molecule has 0 spiro atoms. The second-order valence-corrected chi connectivity index (χ2v) is 6.54. The van der Waals surface area contributed by atoms with Gasteiger partial charge in [0.25, 0.3) is 0 Å². The van der Waals surface area contributed by atoms with Crippen LogP contribution in [0.15, 0.2) is 0 Å². The summed E-state index contributed by atoms with van der Waals surface area (Å²) in [5.74, 6) is -0.0595. The second-order valence-electron chi connectivity index (χ2n) is 5.00. The lowest BCUT2D eigenvalue weighted by Gasteiger charge is -2.23. The Morgan fingerprint density at radius 2 is 2.00 bits per heavy atom. The van der Waals surface area contributed by atoms with E-state index in [1.54, 1.807) is 27.8 Å². The molecule has 106 valence electrons. The first kappa shape index (κ1) is 16.1. The molecule has 0 N–H and O–H groups in total. The van der Waals surface area contributed by atoms with Gasteiger partial charge in [-0.3, -0.25) is 9.69 Å². The van der Waals surface area contributed by atoms with E-state index in [1.165, 1.54) is 23.2 Å². The highest BCUT2D eigenvalue weighted by Crippen LogP contribution is 2.28. The van der Waals surface area contributed by atoms with Gasteiger partial charge in [0.1, 0.15) is 5.60 Å². The number of hydrogen-bond acceptors (Lipinski definition) is 5. The first-order valence-corrected chi connectivity index (χ1v) is 7.63. The second kappa shape index (κ2) is 6.00. The highest BCUT2D eigenvalue weighted by molar-refractivity contribution is 9.08. The van der Waals surface area contributed by atoms with Gasteiger partial charge in [-0.1, -0.05) is 27.3 Å². The number of amides is 1. The van der Waals surface area contributed by atoms with Gasteiger partial charge < -0.3 is 4.74 Å². The molecule has 1 aromatic rings. The summed E-state index contributed by atoms with van der Waals surface area (Å²) in [7, 11) is 1.58. The zero-order chi connectivity index (χ0) is 14.8. The number of aromatic nitrogens is 1. The van der Waals surface area contributed by atoms with Gasteiger partial charge in [-0.25, -0.2) is 9.78 Å². The number of rotatable bonds is 3. The van der Waals surface area contributed by atoms with Crippen LogP contribution >= 0.6 is 27.3 Å². The molecule has 1 amide bonds. The van der Waals surface area contributed by atoms with Gasteiger partial charge in [0.15, 0.2) is 10.9 Å². The maximum Gasteiger partial charge on any atom is 0.416 e. The number of alkyl halides is 1. The third-order valence-corrected chi connectivity index (χ3v) is 3.89. The van der Waals surface area contributed by atoms with E-state index in [1.807, 2.05) is 0 Å². The minimum absolute atomic E-state index is 0.0595. The number of hydrogen-bond donors (Lipinski definition) is 0. The number of carbonyl (C=O) groups excluding carboxylic acids is 2. The Bertz CT molecular complexity index is 494. The van der Waals surface area contributed by atoms with Crippen LogP contribution in [0.25, 0.3) is 0 Å². The first-order valence-electron chi connectivity index (χ1n) is 5.69. The van der Waals surface area contributed by atoms with Crippen LogP contribution in [-0.4, -0.2) is 29.5 Å². The highest BCUT2D eigenvalue weighted by Gasteiger charge is 2.24. The summed E-state index contributed by atoms with van der Waals surface area (Å²) in [6.45, 7) is 6.87. The van der Waals surface area contributed by atoms with Crippen LogP contribution < -0.4 is 4.90 Å². The SMILES string of the molecule is CC(=O)c1sc(N(C)C(=O)OC(C)(C)C)nc1CBr. The number of Topliss-reactive ketones (excluding diaryl/α,β-unsaturated/α-hetero) is 1. The van der Waals surface area contributed by atoms with E-state index in [0.717, 1.165) is 0 Å². The molecule has 0 fully saturated rings. The molecular weight excluding hydrogens is 332 g/mol. The molecular formula is C12H17BrN2O3S. The van der Waals surface area contributed by atoms with Crippen molar-refractivity contribution < 1.29 is 14.3 Å². The van der Waals surface area contributed by atoms with E-state index in [9.17, 15) is 9.59 Å². The molecule has 0 radical (unpaired) electrons. The number of ketones is 1. The first-order chi connectivity index (χ1) is 8.65. The lowest BCUT2D eigenvalue weighted by molar-refractivity contribution is 0.0589. The maximum absolute atomic E-state index is 11.9. The Balaban J connectivity index is 2.97. The van der Waals surface area contributed by atoms with Gasteiger partial charge in [-0.05, 0) is 20.8 Å². The number of ether oxygens (including phenoxy) is 1. The third-order valence-electron chi connectivity index (χ3n) is 2.09. The quantitative estimate of drug-likeness (QED) is 0.618. The molecule has 5 nitrogen and oxygen atoms in total. The van der Waals surface area contributed by atoms with Crippen molar-refractivity contribution in [3.8, 4) is 0 Å². The van der Waals surface area contributed by atoms with Crippen LogP contribution in [-0.2, 0) is 10.1 Å². The Morgan fingerprint density at radius 3 is 2.37 bits per heavy atom. The average molecular weight is 349 g/mol. The normalized spacial score (nSPS) is 11.3. The molecule has 0 bridgehead atoms. The van der Waals surface area contributed by atoms with Crippen molar-refractivity contribution in [3.05, 3.63) is 10.6 Å². The summed E-state index contributed by atoms with van der Waals surface area (Å²) in [5, 5.41) is 0.925. The van der Waals surface area contributed by atoms with Crippen LogP contribution in [0.3, 0.4) is 0 Å². The minimum atomic E-state index is -0.565. The summed E-state index contributed by atoms with van der Waals surface area (Å²) in [6.07, 6.45) is -0.488. The number of thiazole rings is 1. The van der Waals surface area contributed by atoms with Crippen LogP contribution in [0.2, 0.25) is 0 Å². The van der Waals surface area contributed by atoms with E-state index in [4.69, 9.17) is 4.74 Å². The lowest BCUT2D eigenvalue weighted by Crippen LogP contribution is -2.34. The standard InChI is InChI=1S/C12H17BrN2O3S/c1-7(16)9-8(6-13)14-10(19-9)15(5)11(17)18-12(2,3)4/h6H2,1-5H3. The summed E-state index contributed by atoms with van der Waals surface area (Å²) >= 11 is 4.47. The fourth-order valence-corrected chi connectivity index (χ4v) is 2.78. The van der Waals surface area contributed by atoms with Crippen molar-refractivity contribution in [1.82, 2.24) is 4.98 Å². The van der Waals surface area contributed by atoms with Crippen molar-refractivity contribution in [2.24, 2.45) is 0 Å². The predicted octanol–water partition coefficient (Wildman–Crippen LogP) is 3.61. The largest absolute Gasteiger partial charge is 0.443 e. The molecule has 0 saturated carbocycles. The maximum atomic E-state index is 11.9. The summed E-state index contributed by atoms with van der Waals surface area (Å²) < 4.78 is 5.25. The molecule has 0 aliphatic carbocycles. The van der Waals surface area contributed by atoms with Crippen LogP contribution in [0, 0.1) is 0 Å². The molecule has 0 aliphatic rings.